The lowest BCUT2D eigenvalue weighted by Crippen LogP contribution is -2.48. The van der Waals surface area contributed by atoms with Gasteiger partial charge in [0.25, 0.3) is 0 Å². The van der Waals surface area contributed by atoms with Crippen LogP contribution in [0.25, 0.3) is 0 Å². The van der Waals surface area contributed by atoms with E-state index in [1.807, 2.05) is 21.9 Å². The van der Waals surface area contributed by atoms with Gasteiger partial charge in [0.2, 0.25) is 11.8 Å². The van der Waals surface area contributed by atoms with E-state index in [0.29, 0.717) is 50.2 Å². The van der Waals surface area contributed by atoms with Crippen molar-refractivity contribution in [1.82, 2.24) is 9.80 Å². The number of carboxylic acids is 1. The molecule has 0 bridgehead atoms. The van der Waals surface area contributed by atoms with Gasteiger partial charge in [-0.2, -0.15) is 0 Å². The third-order valence-corrected chi connectivity index (χ3v) is 9.91. The molecule has 45 heavy (non-hydrogen) atoms. The number of aliphatic carboxylic acids is 1. The second kappa shape index (κ2) is 14.8. The molecule has 244 valence electrons. The SMILES string of the molecule is CCCC(CCC)N(C(=O)CN1CC(c2ccc3c(c2)CCO3)C(C(=O)O)C1CCCN1CCCC1=O)c1ccc(F)c(C)c1. The number of likely N-dealkylation sites (tertiary alicyclic amines) is 2. The Hall–Kier alpha value is -3.46. The zero-order valence-corrected chi connectivity index (χ0v) is 27.0. The van der Waals surface area contributed by atoms with Crippen molar-refractivity contribution in [2.45, 2.75) is 96.6 Å². The number of carbonyl (C=O) groups excluding carboxylic acids is 2. The lowest BCUT2D eigenvalue weighted by Gasteiger charge is -2.35. The molecule has 3 aliphatic heterocycles. The Balaban J connectivity index is 1.45. The largest absolute Gasteiger partial charge is 0.493 e. The second-order valence-corrected chi connectivity index (χ2v) is 13.0. The number of aryl methyl sites for hydroxylation is 1. The highest BCUT2D eigenvalue weighted by molar-refractivity contribution is 5.95. The van der Waals surface area contributed by atoms with Crippen LogP contribution in [0.5, 0.6) is 5.75 Å². The monoisotopic (exact) mass is 621 g/mol. The number of amides is 2. The van der Waals surface area contributed by atoms with Crippen LogP contribution in [-0.4, -0.2) is 77.6 Å². The fraction of sp³-hybridized carbons (Fsp3) is 0.583. The van der Waals surface area contributed by atoms with Gasteiger partial charge < -0.3 is 19.6 Å². The molecule has 0 saturated carbocycles. The Labute approximate surface area is 266 Å². The third kappa shape index (κ3) is 7.35. The molecule has 1 N–H and O–H groups in total. The van der Waals surface area contributed by atoms with E-state index in [0.717, 1.165) is 61.9 Å². The molecule has 3 heterocycles. The number of rotatable bonds is 14. The van der Waals surface area contributed by atoms with E-state index in [4.69, 9.17) is 4.74 Å². The maximum atomic E-state index is 14.4. The molecular formula is C36H48FN3O5. The van der Waals surface area contributed by atoms with E-state index in [1.165, 1.54) is 6.07 Å². The fourth-order valence-electron chi connectivity index (χ4n) is 7.72. The van der Waals surface area contributed by atoms with E-state index in [1.54, 1.807) is 19.1 Å². The summed E-state index contributed by atoms with van der Waals surface area (Å²) >= 11 is 0. The quantitative estimate of drug-likeness (QED) is 0.281. The van der Waals surface area contributed by atoms with E-state index in [2.05, 4.69) is 24.8 Å². The van der Waals surface area contributed by atoms with Crippen LogP contribution in [0.15, 0.2) is 36.4 Å². The number of ether oxygens (including phenoxy) is 1. The zero-order chi connectivity index (χ0) is 32.1. The summed E-state index contributed by atoms with van der Waals surface area (Å²) in [6.45, 7) is 8.40. The second-order valence-electron chi connectivity index (χ2n) is 13.0. The van der Waals surface area contributed by atoms with Gasteiger partial charge >= 0.3 is 5.97 Å². The van der Waals surface area contributed by atoms with Gasteiger partial charge in [-0.1, -0.05) is 38.8 Å². The average molecular weight is 622 g/mol. The van der Waals surface area contributed by atoms with Crippen molar-refractivity contribution < 1.29 is 28.6 Å². The summed E-state index contributed by atoms with van der Waals surface area (Å²) < 4.78 is 20.0. The number of nitrogens with zero attached hydrogens (tertiary/aromatic N) is 3. The van der Waals surface area contributed by atoms with E-state index < -0.39 is 11.9 Å². The molecule has 2 aromatic rings. The first-order chi connectivity index (χ1) is 21.7. The van der Waals surface area contributed by atoms with E-state index in [-0.39, 0.29) is 42.2 Å². The number of anilines is 1. The van der Waals surface area contributed by atoms with Crippen molar-refractivity contribution in [2.75, 3.05) is 37.7 Å². The maximum absolute atomic E-state index is 14.4. The minimum absolute atomic E-state index is 0.0395. The summed E-state index contributed by atoms with van der Waals surface area (Å²) in [4.78, 5) is 45.5. The molecular weight excluding hydrogens is 573 g/mol. The summed E-state index contributed by atoms with van der Waals surface area (Å²) in [7, 11) is 0. The van der Waals surface area contributed by atoms with Gasteiger partial charge in [-0.05, 0) is 80.0 Å². The lowest BCUT2D eigenvalue weighted by atomic mass is 9.83. The first kappa shape index (κ1) is 32.9. The standard InChI is InChI=1S/C36H48FN3O5/c1-4-8-27(9-5-2)40(28-13-14-30(37)24(3)20-28)34(42)23-39-22-29(25-12-15-32-26(21-25)16-19-45-32)35(36(43)44)31(39)10-6-17-38-18-7-11-33(38)41/h12-15,20-21,27,29,31,35H,4-11,16-19,22-23H2,1-3H3,(H,43,44). The number of hydrogen-bond acceptors (Lipinski definition) is 5. The highest BCUT2D eigenvalue weighted by Crippen LogP contribution is 2.41. The number of carboxylic acid groups (broad SMARTS) is 1. The van der Waals surface area contributed by atoms with Crippen molar-refractivity contribution in [2.24, 2.45) is 5.92 Å². The molecule has 2 fully saturated rings. The van der Waals surface area contributed by atoms with Crippen LogP contribution in [0.1, 0.15) is 87.8 Å². The van der Waals surface area contributed by atoms with E-state index in [9.17, 15) is 23.9 Å². The molecule has 2 aromatic carbocycles. The van der Waals surface area contributed by atoms with Gasteiger partial charge in [-0.3, -0.25) is 19.3 Å². The van der Waals surface area contributed by atoms with Crippen molar-refractivity contribution in [1.29, 1.82) is 0 Å². The smallest absolute Gasteiger partial charge is 0.308 e. The van der Waals surface area contributed by atoms with Gasteiger partial charge in [0.05, 0.1) is 19.1 Å². The van der Waals surface area contributed by atoms with Crippen LogP contribution >= 0.6 is 0 Å². The Morgan fingerprint density at radius 1 is 1.11 bits per heavy atom. The number of carbonyl (C=O) groups is 3. The molecule has 3 unspecified atom stereocenters. The van der Waals surface area contributed by atoms with Crippen molar-refractivity contribution in [3.63, 3.8) is 0 Å². The Morgan fingerprint density at radius 3 is 2.56 bits per heavy atom. The first-order valence-electron chi connectivity index (χ1n) is 16.8. The highest BCUT2D eigenvalue weighted by Gasteiger charge is 2.47. The maximum Gasteiger partial charge on any atom is 0.308 e. The Bertz CT molecular complexity index is 1380. The third-order valence-electron chi connectivity index (χ3n) is 9.91. The van der Waals surface area contributed by atoms with Crippen molar-refractivity contribution >= 4 is 23.5 Å². The zero-order valence-electron chi connectivity index (χ0n) is 27.0. The summed E-state index contributed by atoms with van der Waals surface area (Å²) in [5.41, 5.74) is 3.22. The minimum Gasteiger partial charge on any atom is -0.493 e. The van der Waals surface area contributed by atoms with Crippen LogP contribution in [0.2, 0.25) is 0 Å². The highest BCUT2D eigenvalue weighted by atomic mass is 19.1. The van der Waals surface area contributed by atoms with Gasteiger partial charge in [-0.15, -0.1) is 0 Å². The molecule has 2 amide bonds. The topological polar surface area (TPSA) is 90.4 Å². The number of fused-ring (bicyclic) bond motifs is 1. The number of benzene rings is 2. The normalized spacial score (nSPS) is 21.4. The molecule has 5 rings (SSSR count). The summed E-state index contributed by atoms with van der Waals surface area (Å²) in [6, 6.07) is 10.4. The van der Waals surface area contributed by atoms with Crippen molar-refractivity contribution in [3.8, 4) is 5.75 Å². The molecule has 0 aromatic heterocycles. The molecule has 9 heteroatoms. The van der Waals surface area contributed by atoms with Gasteiger partial charge in [-0.25, -0.2) is 4.39 Å². The molecule has 0 spiro atoms. The lowest BCUT2D eigenvalue weighted by molar-refractivity contribution is -0.143. The molecule has 0 aliphatic carbocycles. The van der Waals surface area contributed by atoms with Crippen LogP contribution in [0, 0.1) is 18.7 Å². The van der Waals surface area contributed by atoms with Gasteiger partial charge in [0.1, 0.15) is 11.6 Å². The number of halogens is 1. The van der Waals surface area contributed by atoms with Crippen LogP contribution < -0.4 is 9.64 Å². The Kier molecular flexibility index (Phi) is 10.8. The van der Waals surface area contributed by atoms with Gasteiger partial charge in [0.15, 0.2) is 0 Å². The molecule has 3 aliphatic rings. The summed E-state index contributed by atoms with van der Waals surface area (Å²) in [6.07, 6.45) is 6.92. The van der Waals surface area contributed by atoms with Gasteiger partial charge in [0, 0.05) is 56.2 Å². The van der Waals surface area contributed by atoms with Crippen LogP contribution in [0.3, 0.4) is 0 Å². The molecule has 3 atom stereocenters. The Morgan fingerprint density at radius 2 is 1.89 bits per heavy atom. The number of hydrogen-bond donors (Lipinski definition) is 1. The molecule has 2 saturated heterocycles. The summed E-state index contributed by atoms with van der Waals surface area (Å²) in [5, 5.41) is 10.6. The minimum atomic E-state index is -0.866. The molecule has 0 radical (unpaired) electrons. The predicted molar refractivity (Wildman–Crippen MR) is 172 cm³/mol. The summed E-state index contributed by atoms with van der Waals surface area (Å²) in [5.74, 6) is -1.25. The first-order valence-corrected chi connectivity index (χ1v) is 16.8. The van der Waals surface area contributed by atoms with E-state index >= 15 is 0 Å². The van der Waals surface area contributed by atoms with Crippen LogP contribution in [-0.2, 0) is 20.8 Å². The fourth-order valence-corrected chi connectivity index (χ4v) is 7.72. The average Bonchev–Trinajstić information content (AvgIpc) is 3.74. The predicted octanol–water partition coefficient (Wildman–Crippen LogP) is 5.94. The molecule has 8 nitrogen and oxygen atoms in total. The van der Waals surface area contributed by atoms with Crippen LogP contribution in [0.4, 0.5) is 10.1 Å². The van der Waals surface area contributed by atoms with Crippen molar-refractivity contribution in [3.05, 3.63) is 58.9 Å².